The fourth-order valence-corrected chi connectivity index (χ4v) is 4.56. The maximum atomic E-state index is 9.38. The molecule has 0 fully saturated rings. The number of benzene rings is 1. The first kappa shape index (κ1) is 16.2. The molecule has 18 heavy (non-hydrogen) atoms. The Morgan fingerprint density at radius 1 is 1.11 bits per heavy atom. The molecule has 0 atom stereocenters. The Bertz CT molecular complexity index is 404. The van der Waals surface area contributed by atoms with E-state index in [2.05, 4.69) is 18.7 Å². The van der Waals surface area contributed by atoms with Crippen molar-refractivity contribution in [2.75, 3.05) is 0 Å². The van der Waals surface area contributed by atoms with Crippen LogP contribution in [0.2, 0.25) is 0 Å². The molecule has 1 aromatic carbocycles. The Balaban J connectivity index is 2.51. The van der Waals surface area contributed by atoms with Gasteiger partial charge in [-0.05, 0) is 47.7 Å². The highest BCUT2D eigenvalue weighted by Crippen LogP contribution is 2.55. The van der Waals surface area contributed by atoms with Crippen LogP contribution in [0.4, 0.5) is 0 Å². The predicted octanol–water partition coefficient (Wildman–Crippen LogP) is 4.50. The Morgan fingerprint density at radius 3 is 2.44 bits per heavy atom. The van der Waals surface area contributed by atoms with Crippen LogP contribution in [0.5, 0.6) is 0 Å². The molecule has 0 spiro atoms. The average Bonchev–Trinajstić information content (AvgIpc) is 2.29. The predicted molar refractivity (Wildman–Crippen MR) is 83.5 cm³/mol. The fraction of sp³-hybridized carbons (Fsp3) is 0.538. The minimum Gasteiger partial charge on any atom is -0.337 e. The van der Waals surface area contributed by atoms with E-state index in [1.54, 1.807) is 0 Å². The van der Waals surface area contributed by atoms with Gasteiger partial charge in [-0.25, -0.2) is 0 Å². The molecular formula is C13H21O2PS2. The summed E-state index contributed by atoms with van der Waals surface area (Å²) in [5, 5.41) is 0. The first-order valence-corrected chi connectivity index (χ1v) is 10.5. The molecule has 0 saturated carbocycles. The average molecular weight is 304 g/mol. The van der Waals surface area contributed by atoms with Crippen LogP contribution in [0.15, 0.2) is 29.2 Å². The highest BCUT2D eigenvalue weighted by Gasteiger charge is 2.12. The summed E-state index contributed by atoms with van der Waals surface area (Å²) in [5.74, 6) is 0. The van der Waals surface area contributed by atoms with Crippen molar-refractivity contribution in [1.82, 2.24) is 0 Å². The van der Waals surface area contributed by atoms with Crippen molar-refractivity contribution in [3.8, 4) is 0 Å². The molecule has 0 aromatic heterocycles. The molecule has 0 aliphatic heterocycles. The van der Waals surface area contributed by atoms with E-state index < -0.39 is 5.69 Å². The lowest BCUT2D eigenvalue weighted by molar-refractivity contribution is 0.502. The van der Waals surface area contributed by atoms with Crippen LogP contribution in [-0.2, 0) is 18.2 Å². The highest BCUT2D eigenvalue weighted by atomic mass is 32.9. The van der Waals surface area contributed by atoms with Crippen molar-refractivity contribution in [3.63, 3.8) is 0 Å². The summed E-state index contributed by atoms with van der Waals surface area (Å²) in [4.78, 5) is 19.7. The second kappa shape index (κ2) is 8.34. The molecule has 0 radical (unpaired) electrons. The summed E-state index contributed by atoms with van der Waals surface area (Å²) < 4.78 is 0. The van der Waals surface area contributed by atoms with Crippen molar-refractivity contribution >= 4 is 28.9 Å². The maximum absolute atomic E-state index is 9.38. The van der Waals surface area contributed by atoms with Gasteiger partial charge in [0.05, 0.1) is 0 Å². The van der Waals surface area contributed by atoms with Crippen LogP contribution in [0.3, 0.4) is 0 Å². The topological polar surface area (TPSA) is 40.5 Å². The Kier molecular flexibility index (Phi) is 7.50. The van der Waals surface area contributed by atoms with Crippen LogP contribution in [0.1, 0.15) is 44.6 Å². The van der Waals surface area contributed by atoms with Gasteiger partial charge in [0.1, 0.15) is 0 Å². The molecule has 102 valence electrons. The van der Waals surface area contributed by atoms with E-state index in [0.717, 1.165) is 29.1 Å². The van der Waals surface area contributed by atoms with Crippen LogP contribution < -0.4 is 0 Å². The van der Waals surface area contributed by atoms with Crippen LogP contribution in [0, 0.1) is 0 Å². The van der Waals surface area contributed by atoms with Gasteiger partial charge in [0.25, 0.3) is 0 Å². The third-order valence-corrected chi connectivity index (χ3v) is 5.55. The quantitative estimate of drug-likeness (QED) is 0.548. The largest absolute Gasteiger partial charge is 0.337 e. The van der Waals surface area contributed by atoms with E-state index in [-0.39, 0.29) is 0 Å². The monoisotopic (exact) mass is 304 g/mol. The van der Waals surface area contributed by atoms with Crippen molar-refractivity contribution in [2.45, 2.75) is 50.3 Å². The maximum Gasteiger partial charge on any atom is 0.246 e. The zero-order chi connectivity index (χ0) is 13.4. The van der Waals surface area contributed by atoms with E-state index >= 15 is 0 Å². The lowest BCUT2D eigenvalue weighted by Crippen LogP contribution is -1.89. The van der Waals surface area contributed by atoms with Crippen molar-refractivity contribution < 1.29 is 9.79 Å². The minimum absolute atomic E-state index is 0.918. The minimum atomic E-state index is -3.21. The Hall–Kier alpha value is 0.140. The van der Waals surface area contributed by atoms with Gasteiger partial charge in [0, 0.05) is 4.90 Å². The number of aryl methyl sites for hydroxylation is 1. The zero-order valence-electron chi connectivity index (χ0n) is 10.7. The standard InChI is InChI=1S/C13H21O2PS2/c1-2-3-4-5-6-9-12-10-7-8-11-13(12)18-16(14,15)17/h7-8,10-11H,2-6,9H2,1H3,(H2,14,15,17). The lowest BCUT2D eigenvalue weighted by atomic mass is 10.1. The molecular weight excluding hydrogens is 283 g/mol. The van der Waals surface area contributed by atoms with Crippen molar-refractivity contribution in [1.29, 1.82) is 0 Å². The second-order valence-electron chi connectivity index (χ2n) is 4.35. The van der Waals surface area contributed by atoms with Gasteiger partial charge < -0.3 is 9.79 Å². The molecule has 2 N–H and O–H groups in total. The fourth-order valence-electron chi connectivity index (χ4n) is 1.85. The third kappa shape index (κ3) is 6.91. The highest BCUT2D eigenvalue weighted by molar-refractivity contribution is 8.67. The van der Waals surface area contributed by atoms with Gasteiger partial charge in [0.15, 0.2) is 0 Å². The molecule has 5 heteroatoms. The Labute approximate surface area is 119 Å². The number of hydrogen-bond donors (Lipinski definition) is 2. The number of hydrogen-bond acceptors (Lipinski definition) is 2. The van der Waals surface area contributed by atoms with Gasteiger partial charge in [-0.15, -0.1) is 0 Å². The smallest absolute Gasteiger partial charge is 0.246 e. The summed E-state index contributed by atoms with van der Waals surface area (Å²) in [6.45, 7) is 2.21. The van der Waals surface area contributed by atoms with E-state index in [1.807, 2.05) is 24.3 Å². The van der Waals surface area contributed by atoms with Crippen LogP contribution in [-0.4, -0.2) is 9.79 Å². The molecule has 0 unspecified atom stereocenters. The Morgan fingerprint density at radius 2 is 1.78 bits per heavy atom. The van der Waals surface area contributed by atoms with E-state index in [0.29, 0.717) is 0 Å². The summed E-state index contributed by atoms with van der Waals surface area (Å²) in [7, 11) is 0. The molecule has 0 aliphatic rings. The van der Waals surface area contributed by atoms with E-state index in [1.165, 1.54) is 31.2 Å². The molecule has 0 bridgehead atoms. The number of rotatable bonds is 8. The zero-order valence-corrected chi connectivity index (χ0v) is 13.2. The lowest BCUT2D eigenvalue weighted by Gasteiger charge is -2.11. The van der Waals surface area contributed by atoms with Crippen LogP contribution in [0.25, 0.3) is 0 Å². The van der Waals surface area contributed by atoms with E-state index in [9.17, 15) is 9.79 Å². The summed E-state index contributed by atoms with van der Waals surface area (Å²) in [5.41, 5.74) is -2.04. The number of unbranched alkanes of at least 4 members (excludes halogenated alkanes) is 4. The molecule has 0 saturated heterocycles. The SMILES string of the molecule is CCCCCCCc1ccccc1SP(O)(O)=S. The molecule has 2 nitrogen and oxygen atoms in total. The molecule has 0 heterocycles. The molecule has 0 amide bonds. The third-order valence-electron chi connectivity index (χ3n) is 2.74. The molecule has 1 aromatic rings. The summed E-state index contributed by atoms with van der Waals surface area (Å²) >= 11 is 5.71. The van der Waals surface area contributed by atoms with Gasteiger partial charge >= 0.3 is 0 Å². The summed E-state index contributed by atoms with van der Waals surface area (Å²) in [6.07, 6.45) is 7.21. The first-order valence-electron chi connectivity index (χ1n) is 6.36. The summed E-state index contributed by atoms with van der Waals surface area (Å²) in [6, 6.07) is 7.87. The van der Waals surface area contributed by atoms with Gasteiger partial charge in [-0.1, -0.05) is 50.8 Å². The van der Waals surface area contributed by atoms with Crippen molar-refractivity contribution in [2.24, 2.45) is 0 Å². The van der Waals surface area contributed by atoms with Gasteiger partial charge in [-0.2, -0.15) is 0 Å². The first-order chi connectivity index (χ1) is 8.53. The van der Waals surface area contributed by atoms with Gasteiger partial charge in [-0.3, -0.25) is 0 Å². The molecule has 1 rings (SSSR count). The normalized spacial score (nSPS) is 11.7. The second-order valence-corrected chi connectivity index (χ2v) is 10.3. The van der Waals surface area contributed by atoms with Crippen molar-refractivity contribution in [3.05, 3.63) is 29.8 Å². The van der Waals surface area contributed by atoms with E-state index in [4.69, 9.17) is 0 Å². The van der Waals surface area contributed by atoms with Crippen LogP contribution >= 0.6 is 17.1 Å². The molecule has 0 aliphatic carbocycles. The van der Waals surface area contributed by atoms with Gasteiger partial charge in [0.2, 0.25) is 5.69 Å².